The Kier molecular flexibility index (Phi) is 10.4. The Balaban J connectivity index is 0.720. The lowest BCUT2D eigenvalue weighted by Crippen LogP contribution is -2.54. The van der Waals surface area contributed by atoms with Crippen LogP contribution in [0.1, 0.15) is 78.3 Å². The number of benzene rings is 2. The smallest absolute Gasteiger partial charge is 0.262 e. The zero-order valence-electron chi connectivity index (χ0n) is 33.0. The molecule has 6 aliphatic heterocycles. The van der Waals surface area contributed by atoms with E-state index < -0.39 is 23.8 Å². The van der Waals surface area contributed by atoms with E-state index in [-0.39, 0.29) is 18.7 Å². The van der Waals surface area contributed by atoms with Crippen LogP contribution in [0.25, 0.3) is 4.85 Å². The highest BCUT2D eigenvalue weighted by atomic mass is 35.5. The number of rotatable bonds is 7. The second-order valence-electron chi connectivity index (χ2n) is 17.1. The molecule has 302 valence electrons. The molecule has 2 aromatic carbocycles. The van der Waals surface area contributed by atoms with Crippen LogP contribution < -0.4 is 20.0 Å². The number of fused-ring (bicyclic) bond motifs is 1. The van der Waals surface area contributed by atoms with Crippen molar-refractivity contribution in [2.45, 2.75) is 76.5 Å². The number of hydrogen-bond acceptors (Lipinski definition) is 10. The molecule has 4 amide bonds. The van der Waals surface area contributed by atoms with Gasteiger partial charge in [-0.05, 0) is 93.3 Å². The van der Waals surface area contributed by atoms with Gasteiger partial charge in [-0.25, -0.2) is 4.85 Å². The van der Waals surface area contributed by atoms with Crippen LogP contribution in [0, 0.1) is 12.0 Å². The fourth-order valence-electron chi connectivity index (χ4n) is 10.4. The Bertz CT molecular complexity index is 2150. The standard InChI is InChI=1S/C44H50ClN9O4/c1-29-25-44(28-53(29)33-6-8-38(46-2)37(45)24-33)13-17-51(18-14-44)34-4-3-30(47-26-34)27-49-19-21-52(22-20-49)31-11-15-50(16-12-31)32-5-7-35-36(23-32)43(58)54(42(35)57)39-9-10-40(55)48-41(39)56/h3-8,23-24,26,29,31,39H,9-22,25,27-28H2,1H3,(H,48,55,56)/t29-,39?/m0/s1. The summed E-state index contributed by atoms with van der Waals surface area (Å²) in [5.74, 6) is -1.91. The average Bonchev–Trinajstić information content (AvgIpc) is 3.69. The SMILES string of the molecule is [C-]#[N+]c1ccc(N2CC3(CCN(c4ccc(CN5CCN(C6CCN(c7ccc8c(c7)C(=O)N(C7CCC(=O)NC7=O)C8=O)CC6)CC5)nc4)CC3)C[C@@H]2C)cc1Cl. The largest absolute Gasteiger partial charge is 0.371 e. The van der Waals surface area contributed by atoms with Gasteiger partial charge in [0.15, 0.2) is 0 Å². The zero-order chi connectivity index (χ0) is 40.1. The summed E-state index contributed by atoms with van der Waals surface area (Å²) in [5.41, 5.74) is 5.79. The normalized spacial score (nSPS) is 24.4. The number of aromatic nitrogens is 1. The Morgan fingerprint density at radius 1 is 0.828 bits per heavy atom. The van der Waals surface area contributed by atoms with Crippen molar-refractivity contribution in [3.63, 3.8) is 0 Å². The highest BCUT2D eigenvalue weighted by molar-refractivity contribution is 6.33. The highest BCUT2D eigenvalue weighted by Crippen LogP contribution is 2.46. The molecule has 9 rings (SSSR count). The molecule has 13 nitrogen and oxygen atoms in total. The number of anilines is 3. The fourth-order valence-corrected chi connectivity index (χ4v) is 10.6. The van der Waals surface area contributed by atoms with Gasteiger partial charge in [-0.3, -0.25) is 44.2 Å². The second kappa shape index (κ2) is 15.6. The fraction of sp³-hybridized carbons (Fsp3) is 0.500. The Morgan fingerprint density at radius 2 is 1.53 bits per heavy atom. The van der Waals surface area contributed by atoms with Gasteiger partial charge in [0.1, 0.15) is 6.04 Å². The number of amides is 4. The van der Waals surface area contributed by atoms with Crippen LogP contribution in [0.5, 0.6) is 0 Å². The average molecular weight is 804 g/mol. The molecule has 6 aliphatic rings. The van der Waals surface area contributed by atoms with Gasteiger partial charge in [0, 0.05) is 100 Å². The number of pyridine rings is 1. The van der Waals surface area contributed by atoms with Gasteiger partial charge in [0.2, 0.25) is 17.5 Å². The van der Waals surface area contributed by atoms with Crippen LogP contribution in [0.3, 0.4) is 0 Å². The maximum absolute atomic E-state index is 13.4. The van der Waals surface area contributed by atoms with E-state index in [1.165, 1.54) is 12.1 Å². The lowest BCUT2D eigenvalue weighted by Gasteiger charge is -2.43. The molecule has 7 heterocycles. The van der Waals surface area contributed by atoms with Crippen molar-refractivity contribution in [2.75, 3.05) is 73.6 Å². The molecule has 14 heteroatoms. The minimum absolute atomic E-state index is 0.104. The van der Waals surface area contributed by atoms with Crippen molar-refractivity contribution in [3.8, 4) is 0 Å². The number of piperidine rings is 3. The van der Waals surface area contributed by atoms with Crippen molar-refractivity contribution >= 4 is 58.0 Å². The molecule has 1 unspecified atom stereocenters. The van der Waals surface area contributed by atoms with Crippen LogP contribution in [0.2, 0.25) is 5.02 Å². The first-order valence-corrected chi connectivity index (χ1v) is 21.2. The number of carbonyl (C=O) groups excluding carboxylic acids is 4. The van der Waals surface area contributed by atoms with Gasteiger partial charge < -0.3 is 14.7 Å². The molecule has 0 radical (unpaired) electrons. The molecule has 0 bridgehead atoms. The number of halogens is 1. The third-order valence-corrected chi connectivity index (χ3v) is 14.0. The van der Waals surface area contributed by atoms with Gasteiger partial charge >= 0.3 is 0 Å². The summed E-state index contributed by atoms with van der Waals surface area (Å²) in [6.07, 6.45) is 7.83. The van der Waals surface area contributed by atoms with E-state index in [0.717, 1.165) is 113 Å². The number of hydrogen-bond donors (Lipinski definition) is 1. The number of imide groups is 2. The van der Waals surface area contributed by atoms with Gasteiger partial charge in [-0.1, -0.05) is 17.7 Å². The molecule has 0 saturated carbocycles. The molecule has 2 atom stereocenters. The van der Waals surface area contributed by atoms with Gasteiger partial charge in [0.25, 0.3) is 11.8 Å². The van der Waals surface area contributed by atoms with Gasteiger partial charge in [0.05, 0.1) is 35.3 Å². The van der Waals surface area contributed by atoms with Crippen molar-refractivity contribution in [2.24, 2.45) is 5.41 Å². The lowest BCUT2D eigenvalue weighted by molar-refractivity contribution is -0.136. The predicted molar refractivity (Wildman–Crippen MR) is 222 cm³/mol. The minimum atomic E-state index is -0.959. The summed E-state index contributed by atoms with van der Waals surface area (Å²) >= 11 is 6.40. The predicted octanol–water partition coefficient (Wildman–Crippen LogP) is 5.36. The maximum atomic E-state index is 13.4. The van der Waals surface area contributed by atoms with Crippen LogP contribution in [-0.2, 0) is 16.1 Å². The first kappa shape index (κ1) is 38.5. The molecule has 1 spiro atoms. The second-order valence-corrected chi connectivity index (χ2v) is 17.5. The third-order valence-electron chi connectivity index (χ3n) is 13.7. The molecular weight excluding hydrogens is 754 g/mol. The van der Waals surface area contributed by atoms with Gasteiger partial charge in [-0.2, -0.15) is 0 Å². The van der Waals surface area contributed by atoms with Crippen molar-refractivity contribution in [3.05, 3.63) is 88.0 Å². The first-order valence-electron chi connectivity index (χ1n) is 20.8. The van der Waals surface area contributed by atoms with Crippen molar-refractivity contribution in [1.82, 2.24) is 25.0 Å². The molecule has 3 aromatic rings. The van der Waals surface area contributed by atoms with E-state index in [4.69, 9.17) is 23.2 Å². The number of nitrogens with zero attached hydrogens (tertiary/aromatic N) is 8. The van der Waals surface area contributed by atoms with Crippen LogP contribution >= 0.6 is 11.6 Å². The van der Waals surface area contributed by atoms with E-state index in [0.29, 0.717) is 39.3 Å². The van der Waals surface area contributed by atoms with Crippen LogP contribution in [0.15, 0.2) is 54.7 Å². The number of nitrogens with one attached hydrogen (secondary N) is 1. The summed E-state index contributed by atoms with van der Waals surface area (Å²) in [6.45, 7) is 19.4. The Hall–Kier alpha value is -5.03. The van der Waals surface area contributed by atoms with Crippen LogP contribution in [-0.4, -0.2) is 120 Å². The summed E-state index contributed by atoms with van der Waals surface area (Å²) in [5, 5.41) is 2.79. The van der Waals surface area contributed by atoms with Crippen LogP contribution in [0.4, 0.5) is 22.7 Å². The molecule has 0 aliphatic carbocycles. The third kappa shape index (κ3) is 7.31. The zero-order valence-corrected chi connectivity index (χ0v) is 33.8. The quantitative estimate of drug-likeness (QED) is 0.247. The van der Waals surface area contributed by atoms with Crippen molar-refractivity contribution < 1.29 is 19.2 Å². The van der Waals surface area contributed by atoms with Gasteiger partial charge in [-0.15, -0.1) is 0 Å². The highest BCUT2D eigenvalue weighted by Gasteiger charge is 2.46. The monoisotopic (exact) mass is 803 g/mol. The summed E-state index contributed by atoms with van der Waals surface area (Å²) in [7, 11) is 0. The van der Waals surface area contributed by atoms with E-state index in [1.807, 2.05) is 24.3 Å². The maximum Gasteiger partial charge on any atom is 0.262 e. The summed E-state index contributed by atoms with van der Waals surface area (Å²) < 4.78 is 0. The first-order chi connectivity index (χ1) is 28.1. The van der Waals surface area contributed by atoms with E-state index in [2.05, 4.69) is 59.9 Å². The molecule has 5 fully saturated rings. The lowest BCUT2D eigenvalue weighted by atomic mass is 9.76. The Labute approximate surface area is 344 Å². The summed E-state index contributed by atoms with van der Waals surface area (Å²) in [6, 6.07) is 15.7. The van der Waals surface area contributed by atoms with E-state index in [1.54, 1.807) is 12.1 Å². The molecule has 1 aromatic heterocycles. The Morgan fingerprint density at radius 3 is 2.22 bits per heavy atom. The topological polar surface area (TPSA) is 117 Å². The van der Waals surface area contributed by atoms with E-state index in [9.17, 15) is 19.2 Å². The molecule has 58 heavy (non-hydrogen) atoms. The minimum Gasteiger partial charge on any atom is -0.371 e. The van der Waals surface area contributed by atoms with Crippen molar-refractivity contribution in [1.29, 1.82) is 0 Å². The van der Waals surface area contributed by atoms with E-state index >= 15 is 0 Å². The number of carbonyl (C=O) groups is 4. The summed E-state index contributed by atoms with van der Waals surface area (Å²) in [4.78, 5) is 72.4. The molecular formula is C44H50ClN9O4. The molecule has 5 saturated heterocycles. The number of piperazine rings is 1. The molecule has 1 N–H and O–H groups in total.